The van der Waals surface area contributed by atoms with Gasteiger partial charge in [-0.1, -0.05) is 30.3 Å². The predicted molar refractivity (Wildman–Crippen MR) is 101 cm³/mol. The first-order valence-corrected chi connectivity index (χ1v) is 9.32. The normalized spacial score (nSPS) is 23.2. The van der Waals surface area contributed by atoms with Crippen LogP contribution in [0.4, 0.5) is 0 Å². The molecule has 2 unspecified atom stereocenters. The maximum atomic E-state index is 5.46. The van der Waals surface area contributed by atoms with Gasteiger partial charge in [-0.3, -0.25) is 4.90 Å². The fourth-order valence-electron chi connectivity index (χ4n) is 4.90. The monoisotopic (exact) mass is 332 g/mol. The van der Waals surface area contributed by atoms with Gasteiger partial charge in [0, 0.05) is 29.1 Å². The Kier molecular flexibility index (Phi) is 3.56. The highest BCUT2D eigenvalue weighted by Gasteiger charge is 2.38. The van der Waals surface area contributed by atoms with Crippen molar-refractivity contribution in [3.05, 3.63) is 65.4 Å². The number of nitrogens with zero attached hydrogens (tertiary/aromatic N) is 1. The van der Waals surface area contributed by atoms with Crippen LogP contribution >= 0.6 is 0 Å². The van der Waals surface area contributed by atoms with Crippen LogP contribution in [-0.2, 0) is 6.42 Å². The van der Waals surface area contributed by atoms with Crippen LogP contribution in [-0.4, -0.2) is 30.1 Å². The number of nitrogens with one attached hydrogen (secondary N) is 1. The largest absolute Gasteiger partial charge is 0.497 e. The van der Waals surface area contributed by atoms with Gasteiger partial charge in [0.1, 0.15) is 5.75 Å². The smallest absolute Gasteiger partial charge is 0.119 e. The molecule has 1 N–H and O–H groups in total. The first-order chi connectivity index (χ1) is 12.3. The molecule has 1 fully saturated rings. The number of rotatable bonds is 2. The number of aromatic nitrogens is 1. The minimum absolute atomic E-state index is 0.471. The lowest BCUT2D eigenvalue weighted by Crippen LogP contribution is -2.42. The van der Waals surface area contributed by atoms with Crippen molar-refractivity contribution in [3.8, 4) is 5.75 Å². The van der Waals surface area contributed by atoms with Crippen molar-refractivity contribution in [2.24, 2.45) is 0 Å². The standard InChI is InChI=1S/C22H24N2O/c1-25-16-9-10-20-19(14-16)18-11-13-24-12-5-8-17(22(24)21(18)23-20)15-6-3-2-4-7-15/h2-4,6-7,9-10,14,17,22-23H,5,8,11-13H2,1H3. The van der Waals surface area contributed by atoms with Crippen LogP contribution in [0, 0.1) is 0 Å². The van der Waals surface area contributed by atoms with Crippen LogP contribution in [0.25, 0.3) is 10.9 Å². The Morgan fingerprint density at radius 3 is 2.80 bits per heavy atom. The van der Waals surface area contributed by atoms with Crippen molar-refractivity contribution >= 4 is 10.9 Å². The molecule has 3 nitrogen and oxygen atoms in total. The van der Waals surface area contributed by atoms with E-state index in [4.69, 9.17) is 4.74 Å². The summed E-state index contributed by atoms with van der Waals surface area (Å²) in [4.78, 5) is 6.46. The fourth-order valence-corrected chi connectivity index (χ4v) is 4.90. The number of methoxy groups -OCH3 is 1. The molecular weight excluding hydrogens is 308 g/mol. The third-order valence-electron chi connectivity index (χ3n) is 6.05. The van der Waals surface area contributed by atoms with E-state index < -0.39 is 0 Å². The quantitative estimate of drug-likeness (QED) is 0.740. The molecular formula is C22H24N2O. The minimum Gasteiger partial charge on any atom is -0.497 e. The van der Waals surface area contributed by atoms with E-state index >= 15 is 0 Å². The van der Waals surface area contributed by atoms with Crippen LogP contribution in [0.2, 0.25) is 0 Å². The molecule has 1 saturated heterocycles. The Bertz CT molecular complexity index is 899. The zero-order valence-corrected chi connectivity index (χ0v) is 14.7. The van der Waals surface area contributed by atoms with Crippen LogP contribution in [0.5, 0.6) is 5.75 Å². The average molecular weight is 332 g/mol. The first-order valence-electron chi connectivity index (χ1n) is 9.32. The van der Waals surface area contributed by atoms with Gasteiger partial charge in [0.15, 0.2) is 0 Å². The van der Waals surface area contributed by atoms with Crippen molar-refractivity contribution in [1.29, 1.82) is 0 Å². The van der Waals surface area contributed by atoms with Crippen LogP contribution in [0.3, 0.4) is 0 Å². The van der Waals surface area contributed by atoms with Crippen molar-refractivity contribution in [2.45, 2.75) is 31.2 Å². The van der Waals surface area contributed by atoms with E-state index in [1.54, 1.807) is 7.11 Å². The summed E-state index contributed by atoms with van der Waals surface area (Å²) < 4.78 is 5.46. The summed E-state index contributed by atoms with van der Waals surface area (Å²) in [5, 5.41) is 1.34. The highest BCUT2D eigenvalue weighted by molar-refractivity contribution is 5.86. The fraction of sp³-hybridized carbons (Fsp3) is 0.364. The molecule has 2 atom stereocenters. The molecule has 3 aromatic rings. The van der Waals surface area contributed by atoms with Crippen molar-refractivity contribution in [1.82, 2.24) is 9.88 Å². The Balaban J connectivity index is 1.65. The molecule has 1 aromatic heterocycles. The lowest BCUT2D eigenvalue weighted by Gasteiger charge is -2.44. The maximum absolute atomic E-state index is 5.46. The summed E-state index contributed by atoms with van der Waals surface area (Å²) in [5.74, 6) is 1.52. The van der Waals surface area contributed by atoms with Gasteiger partial charge in [0.2, 0.25) is 0 Å². The number of hydrogen-bond donors (Lipinski definition) is 1. The summed E-state index contributed by atoms with van der Waals surface area (Å²) in [6.07, 6.45) is 3.68. The van der Waals surface area contributed by atoms with Gasteiger partial charge < -0.3 is 9.72 Å². The maximum Gasteiger partial charge on any atom is 0.119 e. The molecule has 2 aromatic carbocycles. The number of aromatic amines is 1. The van der Waals surface area contributed by atoms with E-state index in [-0.39, 0.29) is 0 Å². The number of hydrogen-bond acceptors (Lipinski definition) is 2. The van der Waals surface area contributed by atoms with Gasteiger partial charge in [-0.15, -0.1) is 0 Å². The molecule has 5 rings (SSSR count). The predicted octanol–water partition coefficient (Wildman–Crippen LogP) is 4.65. The Labute approximate surface area is 148 Å². The topological polar surface area (TPSA) is 28.3 Å². The van der Waals surface area contributed by atoms with Gasteiger partial charge in [-0.2, -0.15) is 0 Å². The summed E-state index contributed by atoms with van der Waals surface area (Å²) >= 11 is 0. The number of ether oxygens (including phenoxy) is 1. The van der Waals surface area contributed by atoms with E-state index in [9.17, 15) is 0 Å². The molecule has 2 aliphatic heterocycles. The van der Waals surface area contributed by atoms with Gasteiger partial charge >= 0.3 is 0 Å². The third kappa shape index (κ3) is 2.37. The van der Waals surface area contributed by atoms with Crippen LogP contribution in [0.1, 0.15) is 41.6 Å². The molecule has 0 saturated carbocycles. The van der Waals surface area contributed by atoms with Crippen molar-refractivity contribution in [2.75, 3.05) is 20.2 Å². The highest BCUT2D eigenvalue weighted by Crippen LogP contribution is 2.47. The summed E-state index contributed by atoms with van der Waals surface area (Å²) in [6, 6.07) is 17.9. The molecule has 128 valence electrons. The number of piperidine rings is 1. The Hall–Kier alpha value is -2.26. The van der Waals surface area contributed by atoms with E-state index in [0.29, 0.717) is 12.0 Å². The summed E-state index contributed by atoms with van der Waals surface area (Å²) in [6.45, 7) is 2.37. The molecule has 0 amide bonds. The second-order valence-corrected chi connectivity index (χ2v) is 7.32. The Morgan fingerprint density at radius 1 is 1.08 bits per heavy atom. The SMILES string of the molecule is COc1ccc2[nH]c3c(c2c1)CCN1CCCC(c2ccccc2)C31. The van der Waals surface area contributed by atoms with Crippen LogP contribution < -0.4 is 4.74 Å². The molecule has 0 bridgehead atoms. The highest BCUT2D eigenvalue weighted by atomic mass is 16.5. The molecule has 3 heterocycles. The summed E-state index contributed by atoms with van der Waals surface area (Å²) in [5.41, 5.74) is 5.65. The van der Waals surface area contributed by atoms with Gasteiger partial charge in [0.25, 0.3) is 0 Å². The van der Waals surface area contributed by atoms with Crippen molar-refractivity contribution < 1.29 is 4.74 Å². The van der Waals surface area contributed by atoms with Gasteiger partial charge in [0.05, 0.1) is 13.2 Å². The zero-order valence-electron chi connectivity index (χ0n) is 14.7. The second-order valence-electron chi connectivity index (χ2n) is 7.32. The lowest BCUT2D eigenvalue weighted by atomic mass is 9.79. The molecule has 0 radical (unpaired) electrons. The van der Waals surface area contributed by atoms with E-state index in [1.807, 2.05) is 0 Å². The number of H-pyrrole nitrogens is 1. The van der Waals surface area contributed by atoms with E-state index in [1.165, 1.54) is 47.1 Å². The Morgan fingerprint density at radius 2 is 1.96 bits per heavy atom. The van der Waals surface area contributed by atoms with E-state index in [0.717, 1.165) is 18.7 Å². The molecule has 25 heavy (non-hydrogen) atoms. The van der Waals surface area contributed by atoms with Gasteiger partial charge in [-0.05, 0) is 55.1 Å². The number of fused-ring (bicyclic) bond motifs is 5. The van der Waals surface area contributed by atoms with Crippen molar-refractivity contribution in [3.63, 3.8) is 0 Å². The molecule has 2 aliphatic rings. The van der Waals surface area contributed by atoms with Crippen LogP contribution in [0.15, 0.2) is 48.5 Å². The molecule has 0 spiro atoms. The average Bonchev–Trinajstić information content (AvgIpc) is 3.06. The minimum atomic E-state index is 0.471. The summed E-state index contributed by atoms with van der Waals surface area (Å²) in [7, 11) is 1.74. The molecule has 3 heteroatoms. The lowest BCUT2D eigenvalue weighted by molar-refractivity contribution is 0.114. The first kappa shape index (κ1) is 15.0. The third-order valence-corrected chi connectivity index (χ3v) is 6.05. The number of benzene rings is 2. The zero-order chi connectivity index (χ0) is 16.8. The van der Waals surface area contributed by atoms with Gasteiger partial charge in [-0.25, -0.2) is 0 Å². The second kappa shape index (κ2) is 5.92. The molecule has 0 aliphatic carbocycles. The van der Waals surface area contributed by atoms with E-state index in [2.05, 4.69) is 58.4 Å².